The Morgan fingerprint density at radius 1 is 1.61 bits per heavy atom. The molecule has 0 radical (unpaired) electrons. The Morgan fingerprint density at radius 3 is 2.89 bits per heavy atom. The monoisotopic (exact) mass is 245 g/mol. The van der Waals surface area contributed by atoms with Gasteiger partial charge in [0, 0.05) is 18.2 Å². The highest BCUT2D eigenvalue weighted by molar-refractivity contribution is 5.61. The zero-order valence-corrected chi connectivity index (χ0v) is 10.2. The van der Waals surface area contributed by atoms with Crippen molar-refractivity contribution in [3.8, 4) is 6.07 Å². The van der Waals surface area contributed by atoms with Crippen LogP contribution in [0.1, 0.15) is 31.7 Å². The molecule has 1 atom stereocenters. The molecule has 1 N–H and O–H groups in total. The highest BCUT2D eigenvalue weighted by atomic mass is 16.6. The minimum atomic E-state index is -0.488. The first-order valence-electron chi connectivity index (χ1n) is 6.05. The minimum Gasteiger partial charge on any atom is -0.382 e. The largest absolute Gasteiger partial charge is 0.382 e. The molecule has 1 aliphatic rings. The Labute approximate surface area is 106 Å². The maximum absolute atomic E-state index is 10.6. The summed E-state index contributed by atoms with van der Waals surface area (Å²) in [6.45, 7) is 2.07. The average Bonchev–Trinajstić information content (AvgIpc) is 3.13. The first kappa shape index (κ1) is 12.4. The van der Waals surface area contributed by atoms with Crippen LogP contribution >= 0.6 is 0 Å². The van der Waals surface area contributed by atoms with Gasteiger partial charge in [-0.15, -0.1) is 0 Å². The van der Waals surface area contributed by atoms with Gasteiger partial charge in [0.15, 0.2) is 0 Å². The molecule has 94 valence electrons. The van der Waals surface area contributed by atoms with Crippen LogP contribution < -0.4 is 5.32 Å². The third-order valence-corrected chi connectivity index (χ3v) is 3.12. The van der Waals surface area contributed by atoms with Gasteiger partial charge in [-0.3, -0.25) is 10.1 Å². The Hall–Kier alpha value is -2.09. The molecular weight excluding hydrogens is 230 g/mol. The van der Waals surface area contributed by atoms with E-state index in [-0.39, 0.29) is 11.7 Å². The molecule has 18 heavy (non-hydrogen) atoms. The number of anilines is 1. The van der Waals surface area contributed by atoms with Crippen LogP contribution in [-0.2, 0) is 0 Å². The predicted octanol–water partition coefficient (Wildman–Crippen LogP) is 3.07. The average molecular weight is 245 g/mol. The van der Waals surface area contributed by atoms with E-state index < -0.39 is 4.92 Å². The van der Waals surface area contributed by atoms with Crippen molar-refractivity contribution in [2.75, 3.05) is 5.32 Å². The third-order valence-electron chi connectivity index (χ3n) is 3.12. The van der Waals surface area contributed by atoms with Gasteiger partial charge in [0.2, 0.25) is 0 Å². The second kappa shape index (κ2) is 5.05. The van der Waals surface area contributed by atoms with Crippen LogP contribution in [0.4, 0.5) is 11.4 Å². The summed E-state index contributed by atoms with van der Waals surface area (Å²) in [6, 6.07) is 6.63. The van der Waals surface area contributed by atoms with Crippen LogP contribution in [0, 0.1) is 27.4 Å². The van der Waals surface area contributed by atoms with Crippen LogP contribution in [-0.4, -0.2) is 11.0 Å². The molecule has 0 spiro atoms. The van der Waals surface area contributed by atoms with E-state index >= 15 is 0 Å². The molecule has 0 aliphatic heterocycles. The zero-order chi connectivity index (χ0) is 13.1. The molecule has 5 heteroatoms. The van der Waals surface area contributed by atoms with Crippen LogP contribution in [0.15, 0.2) is 18.2 Å². The van der Waals surface area contributed by atoms with Gasteiger partial charge in [0.25, 0.3) is 5.69 Å². The lowest BCUT2D eigenvalue weighted by atomic mass is 10.1. The maximum atomic E-state index is 10.6. The number of nitrogens with zero attached hydrogens (tertiary/aromatic N) is 2. The van der Waals surface area contributed by atoms with Gasteiger partial charge in [0.05, 0.1) is 16.2 Å². The summed E-state index contributed by atoms with van der Waals surface area (Å²) in [7, 11) is 0. The molecule has 0 heterocycles. The van der Waals surface area contributed by atoms with E-state index in [9.17, 15) is 10.1 Å². The predicted molar refractivity (Wildman–Crippen MR) is 68.2 cm³/mol. The number of hydrogen-bond acceptors (Lipinski definition) is 4. The van der Waals surface area contributed by atoms with Gasteiger partial charge in [-0.2, -0.15) is 5.26 Å². The number of nitrogens with one attached hydrogen (secondary N) is 1. The number of non-ortho nitro benzene ring substituents is 1. The fraction of sp³-hybridized carbons (Fsp3) is 0.462. The molecule has 1 saturated carbocycles. The molecule has 2 rings (SSSR count). The van der Waals surface area contributed by atoms with Crippen molar-refractivity contribution in [1.82, 2.24) is 0 Å². The number of benzene rings is 1. The maximum Gasteiger partial charge on any atom is 0.270 e. The topological polar surface area (TPSA) is 79.0 Å². The summed E-state index contributed by atoms with van der Waals surface area (Å²) in [6.07, 6.45) is 3.66. The normalized spacial score (nSPS) is 15.8. The van der Waals surface area contributed by atoms with Crippen molar-refractivity contribution in [3.05, 3.63) is 33.9 Å². The van der Waals surface area contributed by atoms with Gasteiger partial charge in [-0.05, 0) is 25.3 Å². The quantitative estimate of drug-likeness (QED) is 0.638. The van der Waals surface area contributed by atoms with Crippen molar-refractivity contribution >= 4 is 11.4 Å². The van der Waals surface area contributed by atoms with E-state index in [1.807, 2.05) is 6.07 Å². The molecule has 1 fully saturated rings. The van der Waals surface area contributed by atoms with Crippen LogP contribution in [0.2, 0.25) is 0 Å². The van der Waals surface area contributed by atoms with Crippen LogP contribution in [0.5, 0.6) is 0 Å². The Bertz CT molecular complexity index is 503. The SMILES string of the molecule is CC(CC1CC1)Nc1ccc([N+](=O)[O-])cc1C#N. The molecule has 0 aromatic heterocycles. The van der Waals surface area contributed by atoms with Gasteiger partial charge in [-0.1, -0.05) is 12.8 Å². The van der Waals surface area contributed by atoms with Gasteiger partial charge in [-0.25, -0.2) is 0 Å². The lowest BCUT2D eigenvalue weighted by Gasteiger charge is -2.15. The highest BCUT2D eigenvalue weighted by Gasteiger charge is 2.23. The number of hydrogen-bond donors (Lipinski definition) is 1. The Kier molecular flexibility index (Phi) is 3.47. The molecule has 0 saturated heterocycles. The summed E-state index contributed by atoms with van der Waals surface area (Å²) >= 11 is 0. The van der Waals surface area contributed by atoms with Crippen LogP contribution in [0.3, 0.4) is 0 Å². The summed E-state index contributed by atoms with van der Waals surface area (Å²) in [5.41, 5.74) is 0.954. The third kappa shape index (κ3) is 2.98. The molecule has 0 bridgehead atoms. The van der Waals surface area contributed by atoms with E-state index in [2.05, 4.69) is 12.2 Å². The number of rotatable bonds is 5. The first-order chi connectivity index (χ1) is 8.60. The van der Waals surface area contributed by atoms with Crippen molar-refractivity contribution in [3.63, 3.8) is 0 Å². The molecule has 1 aliphatic carbocycles. The molecule has 5 nitrogen and oxygen atoms in total. The summed E-state index contributed by atoms with van der Waals surface area (Å²) in [4.78, 5) is 10.1. The summed E-state index contributed by atoms with van der Waals surface area (Å²) in [5.74, 6) is 0.802. The van der Waals surface area contributed by atoms with E-state index in [0.29, 0.717) is 11.3 Å². The van der Waals surface area contributed by atoms with Crippen molar-refractivity contribution in [2.45, 2.75) is 32.2 Å². The van der Waals surface area contributed by atoms with Crippen molar-refractivity contribution in [1.29, 1.82) is 5.26 Å². The highest BCUT2D eigenvalue weighted by Crippen LogP contribution is 2.34. The molecule has 1 aromatic rings. The van der Waals surface area contributed by atoms with Crippen molar-refractivity contribution < 1.29 is 4.92 Å². The second-order valence-electron chi connectivity index (χ2n) is 4.82. The lowest BCUT2D eigenvalue weighted by Crippen LogP contribution is -2.16. The van der Waals surface area contributed by atoms with E-state index in [0.717, 1.165) is 12.3 Å². The number of nitro benzene ring substituents is 1. The number of nitro groups is 1. The first-order valence-corrected chi connectivity index (χ1v) is 6.05. The number of nitriles is 1. The molecule has 1 aromatic carbocycles. The van der Waals surface area contributed by atoms with Crippen molar-refractivity contribution in [2.24, 2.45) is 5.92 Å². The fourth-order valence-electron chi connectivity index (χ4n) is 2.04. The lowest BCUT2D eigenvalue weighted by molar-refractivity contribution is -0.384. The Morgan fingerprint density at radius 2 is 2.33 bits per heavy atom. The second-order valence-corrected chi connectivity index (χ2v) is 4.82. The van der Waals surface area contributed by atoms with Gasteiger partial charge < -0.3 is 5.32 Å². The zero-order valence-electron chi connectivity index (χ0n) is 10.2. The standard InChI is InChI=1S/C13H15N3O2/c1-9(6-10-2-3-10)15-13-5-4-12(16(17)18)7-11(13)8-14/h4-5,7,9-10,15H,2-3,6H2,1H3. The van der Waals surface area contributed by atoms with Crippen LogP contribution in [0.25, 0.3) is 0 Å². The molecule has 1 unspecified atom stereocenters. The summed E-state index contributed by atoms with van der Waals surface area (Å²) in [5, 5.41) is 22.9. The van der Waals surface area contributed by atoms with Gasteiger partial charge >= 0.3 is 0 Å². The smallest absolute Gasteiger partial charge is 0.270 e. The van der Waals surface area contributed by atoms with E-state index in [4.69, 9.17) is 5.26 Å². The van der Waals surface area contributed by atoms with E-state index in [1.54, 1.807) is 6.07 Å². The molecule has 0 amide bonds. The Balaban J connectivity index is 2.11. The fourth-order valence-corrected chi connectivity index (χ4v) is 2.04. The van der Waals surface area contributed by atoms with E-state index in [1.165, 1.54) is 25.0 Å². The summed E-state index contributed by atoms with van der Waals surface area (Å²) < 4.78 is 0. The molecular formula is C13H15N3O2. The minimum absolute atomic E-state index is 0.0491. The van der Waals surface area contributed by atoms with Gasteiger partial charge in [0.1, 0.15) is 6.07 Å².